The zero-order chi connectivity index (χ0) is 33.8. The van der Waals surface area contributed by atoms with Gasteiger partial charge in [-0.1, -0.05) is 30.3 Å². The zero-order valence-electron chi connectivity index (χ0n) is 28.0. The van der Waals surface area contributed by atoms with Crippen molar-refractivity contribution < 1.29 is 19.1 Å². The van der Waals surface area contributed by atoms with Crippen LogP contribution < -0.4 is 26.2 Å². The van der Waals surface area contributed by atoms with Gasteiger partial charge < -0.3 is 30.5 Å². The number of amides is 1. The van der Waals surface area contributed by atoms with Crippen LogP contribution in [0.1, 0.15) is 48.8 Å². The SMILES string of the molecule is C=CC(=O)Nc1cc(CCC(=N)/C=C(\NN)N2OCC[C@@H]2Cc2cccc(Cl)c2C)c(OC)cc1N1CCC(N2C[C@H]3C[C@@H]2CO3)CC1. The van der Waals surface area contributed by atoms with Crippen LogP contribution in [-0.2, 0) is 27.2 Å². The molecule has 0 saturated carbocycles. The number of aryl methyl sites for hydroxylation is 1. The number of hydrogen-bond acceptors (Lipinski definition) is 10. The Morgan fingerprint density at radius 2 is 2.02 bits per heavy atom. The number of rotatable bonds is 13. The number of methoxy groups -OCH3 is 1. The molecular formula is C36H48ClN7O4. The Hall–Kier alpha value is -3.61. The van der Waals surface area contributed by atoms with E-state index in [1.165, 1.54) is 6.08 Å². The van der Waals surface area contributed by atoms with Crippen molar-refractivity contribution in [1.82, 2.24) is 15.4 Å². The summed E-state index contributed by atoms with van der Waals surface area (Å²) in [7, 11) is 1.66. The minimum absolute atomic E-state index is 0.0468. The van der Waals surface area contributed by atoms with Crippen LogP contribution in [0.2, 0.25) is 5.02 Å². The maximum atomic E-state index is 12.5. The van der Waals surface area contributed by atoms with Gasteiger partial charge in [-0.3, -0.25) is 14.5 Å². The first-order chi connectivity index (χ1) is 23.3. The van der Waals surface area contributed by atoms with Crippen molar-refractivity contribution in [2.24, 2.45) is 5.84 Å². The number of carbonyl (C=O) groups excluding carboxylic acids is 1. The van der Waals surface area contributed by atoms with Crippen LogP contribution in [0.25, 0.3) is 0 Å². The number of fused-ring (bicyclic) bond motifs is 2. The van der Waals surface area contributed by atoms with Crippen molar-refractivity contribution in [1.29, 1.82) is 5.41 Å². The fourth-order valence-electron chi connectivity index (χ4n) is 7.62. The number of hydrogen-bond donors (Lipinski definition) is 4. The Morgan fingerprint density at radius 3 is 2.71 bits per heavy atom. The normalized spacial score (nSPS) is 23.1. The van der Waals surface area contributed by atoms with Gasteiger partial charge in [-0.25, -0.2) is 10.9 Å². The standard InChI is InChI=1S/C36H48ClN7O4/c1-4-36(45)40-32-17-25(34(46-3)20-33(32)42-13-10-27(11-14-42)43-21-30-19-29(43)22-47-30)8-9-26(38)18-35(41-39)44-28(12-15-48-44)16-24-6-5-7-31(37)23(24)2/h4-7,17-18,20,27-30,38,41H,1,8-16,19,21-22,39H2,2-3H3,(H,40,45)/b35-18+,38-26?/t28-,29-,30-/m1/s1. The molecule has 0 aromatic heterocycles. The lowest BCUT2D eigenvalue weighted by molar-refractivity contribution is -0.111. The lowest BCUT2D eigenvalue weighted by Gasteiger charge is -2.41. The van der Waals surface area contributed by atoms with E-state index in [2.05, 4.69) is 33.2 Å². The van der Waals surface area contributed by atoms with E-state index in [1.807, 2.05) is 31.2 Å². The molecule has 3 atom stereocenters. The molecule has 0 spiro atoms. The summed E-state index contributed by atoms with van der Waals surface area (Å²) in [6, 6.07) is 11.1. The Labute approximate surface area is 288 Å². The highest BCUT2D eigenvalue weighted by Gasteiger charge is 2.42. The van der Waals surface area contributed by atoms with Gasteiger partial charge in [0, 0.05) is 54.6 Å². The number of carbonyl (C=O) groups is 1. The highest BCUT2D eigenvalue weighted by molar-refractivity contribution is 6.31. The van der Waals surface area contributed by atoms with Crippen molar-refractivity contribution in [2.45, 2.75) is 76.1 Å². The van der Waals surface area contributed by atoms with Gasteiger partial charge >= 0.3 is 0 Å². The number of hydroxylamine groups is 2. The highest BCUT2D eigenvalue weighted by Crippen LogP contribution is 2.38. The summed E-state index contributed by atoms with van der Waals surface area (Å²) in [6.45, 7) is 9.92. The van der Waals surface area contributed by atoms with Crippen molar-refractivity contribution in [3.8, 4) is 5.75 Å². The molecule has 4 aliphatic heterocycles. The molecule has 2 aromatic rings. The minimum atomic E-state index is -0.266. The van der Waals surface area contributed by atoms with Crippen LogP contribution in [0.5, 0.6) is 5.75 Å². The Kier molecular flexibility index (Phi) is 10.9. The Balaban J connectivity index is 1.13. The number of benzene rings is 2. The van der Waals surface area contributed by atoms with Gasteiger partial charge in [0.1, 0.15) is 11.6 Å². The fourth-order valence-corrected chi connectivity index (χ4v) is 7.82. The predicted octanol–water partition coefficient (Wildman–Crippen LogP) is 4.73. The molecule has 4 saturated heterocycles. The van der Waals surface area contributed by atoms with Crippen LogP contribution in [0.15, 0.2) is 54.9 Å². The van der Waals surface area contributed by atoms with Crippen molar-refractivity contribution in [2.75, 3.05) is 50.2 Å². The van der Waals surface area contributed by atoms with E-state index in [1.54, 1.807) is 18.2 Å². The van der Waals surface area contributed by atoms with Gasteiger partial charge in [0.05, 0.1) is 43.8 Å². The second-order valence-corrected chi connectivity index (χ2v) is 13.6. The first-order valence-corrected chi connectivity index (χ1v) is 17.3. The highest BCUT2D eigenvalue weighted by atomic mass is 35.5. The zero-order valence-corrected chi connectivity index (χ0v) is 28.7. The monoisotopic (exact) mass is 677 g/mol. The summed E-state index contributed by atoms with van der Waals surface area (Å²) in [6.07, 6.45) is 9.20. The van der Waals surface area contributed by atoms with Gasteiger partial charge in [-0.15, -0.1) is 0 Å². The van der Waals surface area contributed by atoms with E-state index in [0.717, 1.165) is 97.2 Å². The third-order valence-corrected chi connectivity index (χ3v) is 10.7. The van der Waals surface area contributed by atoms with Gasteiger partial charge in [0.25, 0.3) is 0 Å². The maximum absolute atomic E-state index is 12.5. The van der Waals surface area contributed by atoms with Crippen molar-refractivity contribution in [3.63, 3.8) is 0 Å². The molecule has 2 bridgehead atoms. The van der Waals surface area contributed by atoms with E-state index in [4.69, 9.17) is 37.2 Å². The number of halogens is 1. The number of piperidine rings is 1. The molecule has 0 aliphatic carbocycles. The number of allylic oxidation sites excluding steroid dienone is 1. The molecule has 4 aliphatic rings. The van der Waals surface area contributed by atoms with Crippen LogP contribution >= 0.6 is 11.6 Å². The molecule has 1 amide bonds. The average Bonchev–Trinajstić information content (AvgIpc) is 3.87. The van der Waals surface area contributed by atoms with E-state index in [9.17, 15) is 4.79 Å². The maximum Gasteiger partial charge on any atom is 0.247 e. The van der Waals surface area contributed by atoms with E-state index >= 15 is 0 Å². The van der Waals surface area contributed by atoms with Crippen molar-refractivity contribution >= 4 is 34.6 Å². The molecule has 2 aromatic carbocycles. The number of nitrogens with two attached hydrogens (primary N) is 1. The number of hydrazine groups is 1. The lowest BCUT2D eigenvalue weighted by Crippen LogP contribution is -2.49. The fraction of sp³-hybridized carbons (Fsp3) is 0.500. The minimum Gasteiger partial charge on any atom is -0.496 e. The van der Waals surface area contributed by atoms with Crippen LogP contribution in [0.3, 0.4) is 0 Å². The van der Waals surface area contributed by atoms with Gasteiger partial charge in [-0.05, 0) is 86.8 Å². The number of morpholine rings is 1. The molecule has 0 radical (unpaired) electrons. The van der Waals surface area contributed by atoms with E-state index in [-0.39, 0.29) is 11.9 Å². The second kappa shape index (κ2) is 15.3. The molecule has 11 nitrogen and oxygen atoms in total. The number of likely N-dealkylation sites (tertiary alicyclic amines) is 1. The number of nitrogens with zero attached hydrogens (tertiary/aromatic N) is 3. The topological polar surface area (TPSA) is 128 Å². The van der Waals surface area contributed by atoms with Crippen LogP contribution in [0, 0.1) is 12.3 Å². The summed E-state index contributed by atoms with van der Waals surface area (Å²) in [5.74, 6) is 6.94. The molecule has 5 N–H and O–H groups in total. The summed E-state index contributed by atoms with van der Waals surface area (Å²) >= 11 is 6.37. The Bertz CT molecular complexity index is 1540. The van der Waals surface area contributed by atoms with Crippen molar-refractivity contribution in [3.05, 3.63) is 76.6 Å². The second-order valence-electron chi connectivity index (χ2n) is 13.2. The molecular weight excluding hydrogens is 630 g/mol. The summed E-state index contributed by atoms with van der Waals surface area (Å²) in [5.41, 5.74) is 7.89. The van der Waals surface area contributed by atoms with Crippen LogP contribution in [-0.4, -0.2) is 85.8 Å². The quantitative estimate of drug-likeness (QED) is 0.103. The number of nitrogens with one attached hydrogen (secondary N) is 3. The average molecular weight is 678 g/mol. The van der Waals surface area contributed by atoms with Gasteiger partial charge in [0.2, 0.25) is 5.91 Å². The number of ether oxygens (including phenoxy) is 2. The number of anilines is 2. The molecule has 0 unspecified atom stereocenters. The molecule has 6 rings (SSSR count). The smallest absolute Gasteiger partial charge is 0.247 e. The molecule has 258 valence electrons. The lowest BCUT2D eigenvalue weighted by atomic mass is 9.99. The van der Waals surface area contributed by atoms with Crippen LogP contribution in [0.4, 0.5) is 11.4 Å². The summed E-state index contributed by atoms with van der Waals surface area (Å²) in [5, 5.41) is 14.4. The van der Waals surface area contributed by atoms with E-state index < -0.39 is 0 Å². The third kappa shape index (κ3) is 7.50. The molecule has 4 fully saturated rings. The molecule has 48 heavy (non-hydrogen) atoms. The Morgan fingerprint density at radius 1 is 1.21 bits per heavy atom. The third-order valence-electron chi connectivity index (χ3n) is 10.3. The summed E-state index contributed by atoms with van der Waals surface area (Å²) < 4.78 is 11.7. The molecule has 4 heterocycles. The first kappa shape index (κ1) is 34.3. The largest absolute Gasteiger partial charge is 0.496 e. The predicted molar refractivity (Wildman–Crippen MR) is 189 cm³/mol. The van der Waals surface area contributed by atoms with Gasteiger partial charge in [-0.2, -0.15) is 0 Å². The molecule has 12 heteroatoms. The summed E-state index contributed by atoms with van der Waals surface area (Å²) in [4.78, 5) is 23.5. The first-order valence-electron chi connectivity index (χ1n) is 17.0. The van der Waals surface area contributed by atoms with Gasteiger partial charge in [0.15, 0.2) is 0 Å². The van der Waals surface area contributed by atoms with E-state index in [0.29, 0.717) is 49.2 Å².